The molecule has 2 aliphatic rings. The normalized spacial score (nSPS) is 21.6. The fourth-order valence-corrected chi connectivity index (χ4v) is 2.47. The Balaban J connectivity index is 1.76. The highest BCUT2D eigenvalue weighted by molar-refractivity contribution is 5.73. The van der Waals surface area contributed by atoms with Gasteiger partial charge >= 0.3 is 5.97 Å². The Kier molecular flexibility index (Phi) is 4.62. The highest BCUT2D eigenvalue weighted by Crippen LogP contribution is 2.34. The lowest BCUT2D eigenvalue weighted by atomic mass is 10.1. The van der Waals surface area contributed by atoms with Crippen molar-refractivity contribution < 1.29 is 9.90 Å². The molecule has 0 aliphatic heterocycles. The molecule has 2 saturated carbocycles. The third-order valence-corrected chi connectivity index (χ3v) is 3.79. The van der Waals surface area contributed by atoms with Gasteiger partial charge in [0.05, 0.1) is 0 Å². The largest absolute Gasteiger partial charge is 0.480 e. The standard InChI is InChI=1S/C14H26N2O2/c1-10(2)15-13(14(17)18)7-8-16(12-5-6-12)9-11-3-4-11/h10-13,15H,3-9H2,1-2H3,(H,17,18). The van der Waals surface area contributed by atoms with Crippen molar-refractivity contribution in [3.05, 3.63) is 0 Å². The monoisotopic (exact) mass is 254 g/mol. The summed E-state index contributed by atoms with van der Waals surface area (Å²) in [7, 11) is 0. The van der Waals surface area contributed by atoms with Gasteiger partial charge in [0.15, 0.2) is 0 Å². The highest BCUT2D eigenvalue weighted by atomic mass is 16.4. The number of nitrogens with zero attached hydrogens (tertiary/aromatic N) is 1. The minimum absolute atomic E-state index is 0.226. The molecule has 1 atom stereocenters. The number of carboxylic acid groups (broad SMARTS) is 1. The van der Waals surface area contributed by atoms with Crippen molar-refractivity contribution in [2.75, 3.05) is 13.1 Å². The molecule has 0 spiro atoms. The van der Waals surface area contributed by atoms with Crippen molar-refractivity contribution in [2.45, 2.75) is 64.1 Å². The van der Waals surface area contributed by atoms with Crippen LogP contribution in [-0.2, 0) is 4.79 Å². The Morgan fingerprint density at radius 3 is 2.44 bits per heavy atom. The van der Waals surface area contributed by atoms with Crippen LogP contribution in [0.4, 0.5) is 0 Å². The van der Waals surface area contributed by atoms with Gasteiger partial charge in [0.2, 0.25) is 0 Å². The van der Waals surface area contributed by atoms with Crippen LogP contribution in [0.25, 0.3) is 0 Å². The maximum Gasteiger partial charge on any atom is 0.320 e. The van der Waals surface area contributed by atoms with Crippen LogP contribution < -0.4 is 5.32 Å². The number of aliphatic carboxylic acids is 1. The summed E-state index contributed by atoms with van der Waals surface area (Å²) < 4.78 is 0. The Labute approximate surface area is 110 Å². The van der Waals surface area contributed by atoms with Crippen molar-refractivity contribution in [3.8, 4) is 0 Å². The smallest absolute Gasteiger partial charge is 0.320 e. The molecular formula is C14H26N2O2. The SMILES string of the molecule is CC(C)NC(CCN(CC1CC1)C1CC1)C(=O)O. The van der Waals surface area contributed by atoms with Crippen LogP contribution in [0, 0.1) is 5.92 Å². The van der Waals surface area contributed by atoms with E-state index in [1.54, 1.807) is 0 Å². The number of carboxylic acids is 1. The molecule has 4 nitrogen and oxygen atoms in total. The first-order chi connectivity index (χ1) is 8.56. The van der Waals surface area contributed by atoms with Crippen LogP contribution in [0.2, 0.25) is 0 Å². The van der Waals surface area contributed by atoms with Gasteiger partial charge in [0, 0.05) is 25.2 Å². The molecular weight excluding hydrogens is 228 g/mol. The van der Waals surface area contributed by atoms with Crippen LogP contribution >= 0.6 is 0 Å². The highest BCUT2D eigenvalue weighted by Gasteiger charge is 2.34. The van der Waals surface area contributed by atoms with Crippen LogP contribution in [0.1, 0.15) is 46.0 Å². The first-order valence-electron chi connectivity index (χ1n) is 7.29. The molecule has 0 aromatic heterocycles. The summed E-state index contributed by atoms with van der Waals surface area (Å²) in [5, 5.41) is 12.3. The van der Waals surface area contributed by atoms with E-state index in [1.807, 2.05) is 13.8 Å². The van der Waals surface area contributed by atoms with Crippen LogP contribution in [0.5, 0.6) is 0 Å². The van der Waals surface area contributed by atoms with Crippen molar-refractivity contribution in [1.82, 2.24) is 10.2 Å². The van der Waals surface area contributed by atoms with Crippen LogP contribution in [0.15, 0.2) is 0 Å². The second-order valence-corrected chi connectivity index (χ2v) is 6.17. The third-order valence-electron chi connectivity index (χ3n) is 3.79. The molecule has 0 bridgehead atoms. The maximum absolute atomic E-state index is 11.2. The lowest BCUT2D eigenvalue weighted by Gasteiger charge is -2.25. The van der Waals surface area contributed by atoms with Crippen molar-refractivity contribution >= 4 is 5.97 Å². The quantitative estimate of drug-likeness (QED) is 0.657. The summed E-state index contributed by atoms with van der Waals surface area (Å²) in [6.45, 7) is 6.12. The lowest BCUT2D eigenvalue weighted by molar-refractivity contribution is -0.140. The van der Waals surface area contributed by atoms with Gasteiger partial charge in [0.25, 0.3) is 0 Å². The van der Waals surface area contributed by atoms with Crippen LogP contribution in [0.3, 0.4) is 0 Å². The Bertz CT molecular complexity index is 286. The van der Waals surface area contributed by atoms with E-state index in [4.69, 9.17) is 0 Å². The second kappa shape index (κ2) is 6.02. The summed E-state index contributed by atoms with van der Waals surface area (Å²) in [6.07, 6.45) is 6.08. The average molecular weight is 254 g/mol. The van der Waals surface area contributed by atoms with Crippen LogP contribution in [-0.4, -0.2) is 47.2 Å². The molecule has 0 aromatic rings. The van der Waals surface area contributed by atoms with E-state index in [9.17, 15) is 9.90 Å². The van der Waals surface area contributed by atoms with Gasteiger partial charge in [-0.1, -0.05) is 13.8 Å². The lowest BCUT2D eigenvalue weighted by Crippen LogP contribution is -2.43. The van der Waals surface area contributed by atoms with E-state index in [0.29, 0.717) is 0 Å². The van der Waals surface area contributed by atoms with Gasteiger partial charge in [-0.15, -0.1) is 0 Å². The first-order valence-corrected chi connectivity index (χ1v) is 7.29. The summed E-state index contributed by atoms with van der Waals surface area (Å²) >= 11 is 0. The minimum Gasteiger partial charge on any atom is -0.480 e. The maximum atomic E-state index is 11.2. The van der Waals surface area contributed by atoms with Gasteiger partial charge in [-0.3, -0.25) is 4.79 Å². The summed E-state index contributed by atoms with van der Waals surface area (Å²) in [5.41, 5.74) is 0. The van der Waals surface area contributed by atoms with Gasteiger partial charge in [-0.05, 0) is 38.0 Å². The van der Waals surface area contributed by atoms with E-state index in [1.165, 1.54) is 32.2 Å². The fourth-order valence-electron chi connectivity index (χ4n) is 2.47. The van der Waals surface area contributed by atoms with E-state index < -0.39 is 12.0 Å². The fraction of sp³-hybridized carbons (Fsp3) is 0.929. The molecule has 1 unspecified atom stereocenters. The predicted molar refractivity (Wildman–Crippen MR) is 71.6 cm³/mol. The molecule has 2 rings (SSSR count). The van der Waals surface area contributed by atoms with Crippen molar-refractivity contribution in [1.29, 1.82) is 0 Å². The first kappa shape index (κ1) is 13.8. The zero-order valence-electron chi connectivity index (χ0n) is 11.6. The Morgan fingerprint density at radius 2 is 2.00 bits per heavy atom. The van der Waals surface area contributed by atoms with Gasteiger partial charge in [-0.2, -0.15) is 0 Å². The molecule has 2 fully saturated rings. The third kappa shape index (κ3) is 4.58. The van der Waals surface area contributed by atoms with Gasteiger partial charge < -0.3 is 15.3 Å². The Morgan fingerprint density at radius 1 is 1.33 bits per heavy atom. The second-order valence-electron chi connectivity index (χ2n) is 6.17. The summed E-state index contributed by atoms with van der Waals surface area (Å²) in [5.74, 6) is 0.179. The molecule has 0 aromatic carbocycles. The number of nitrogens with one attached hydrogen (secondary N) is 1. The predicted octanol–water partition coefficient (Wildman–Crippen LogP) is 1.70. The van der Waals surface area contributed by atoms with Gasteiger partial charge in [0.1, 0.15) is 6.04 Å². The molecule has 2 N–H and O–H groups in total. The Hall–Kier alpha value is -0.610. The summed E-state index contributed by atoms with van der Waals surface area (Å²) in [4.78, 5) is 13.7. The number of carbonyl (C=O) groups is 1. The van der Waals surface area contributed by atoms with Crippen molar-refractivity contribution in [3.63, 3.8) is 0 Å². The van der Waals surface area contributed by atoms with Gasteiger partial charge in [-0.25, -0.2) is 0 Å². The molecule has 0 amide bonds. The molecule has 2 aliphatic carbocycles. The zero-order valence-corrected chi connectivity index (χ0v) is 11.6. The van der Waals surface area contributed by atoms with E-state index in [2.05, 4.69) is 10.2 Å². The molecule has 18 heavy (non-hydrogen) atoms. The molecule has 0 radical (unpaired) electrons. The zero-order chi connectivity index (χ0) is 13.1. The van der Waals surface area contributed by atoms with E-state index in [-0.39, 0.29) is 6.04 Å². The molecule has 0 saturated heterocycles. The molecule has 0 heterocycles. The minimum atomic E-state index is -0.717. The van der Waals surface area contributed by atoms with E-state index >= 15 is 0 Å². The number of hydrogen-bond acceptors (Lipinski definition) is 3. The van der Waals surface area contributed by atoms with Crippen molar-refractivity contribution in [2.24, 2.45) is 5.92 Å². The number of rotatable bonds is 9. The topological polar surface area (TPSA) is 52.6 Å². The molecule has 104 valence electrons. The molecule has 4 heteroatoms. The van der Waals surface area contributed by atoms with E-state index in [0.717, 1.165) is 24.9 Å². The average Bonchev–Trinajstić information content (AvgIpc) is 3.13. The number of hydrogen-bond donors (Lipinski definition) is 2. The summed E-state index contributed by atoms with van der Waals surface area (Å²) in [6, 6.07) is 0.577.